The zero-order valence-corrected chi connectivity index (χ0v) is 10.0. The number of fused-ring (bicyclic) bond motifs is 1. The van der Waals surface area contributed by atoms with Gasteiger partial charge in [-0.25, -0.2) is 0 Å². The molecule has 0 N–H and O–H groups in total. The summed E-state index contributed by atoms with van der Waals surface area (Å²) >= 11 is 0. The molecule has 1 saturated carbocycles. The van der Waals surface area contributed by atoms with E-state index in [0.29, 0.717) is 5.54 Å². The predicted octanol–water partition coefficient (Wildman–Crippen LogP) is 2.10. The molecular weight excluding hydrogens is 184 g/mol. The summed E-state index contributed by atoms with van der Waals surface area (Å²) in [6.45, 7) is 7.81. The Kier molecular flexibility index (Phi) is 2.52. The van der Waals surface area contributed by atoms with Crippen LogP contribution in [0.2, 0.25) is 0 Å². The Morgan fingerprint density at radius 1 is 1.13 bits per heavy atom. The van der Waals surface area contributed by atoms with Crippen molar-refractivity contribution in [1.82, 2.24) is 9.80 Å². The van der Waals surface area contributed by atoms with Crippen LogP contribution < -0.4 is 0 Å². The maximum atomic E-state index is 2.84. The molecule has 3 rings (SSSR count). The van der Waals surface area contributed by atoms with Gasteiger partial charge in [0.2, 0.25) is 0 Å². The van der Waals surface area contributed by atoms with Crippen molar-refractivity contribution in [1.29, 1.82) is 0 Å². The first-order valence-corrected chi connectivity index (χ1v) is 6.83. The van der Waals surface area contributed by atoms with Gasteiger partial charge in [-0.05, 0) is 45.1 Å². The van der Waals surface area contributed by atoms with Gasteiger partial charge in [-0.15, -0.1) is 0 Å². The molecule has 0 aromatic carbocycles. The first kappa shape index (κ1) is 10.1. The van der Waals surface area contributed by atoms with Gasteiger partial charge < -0.3 is 0 Å². The second kappa shape index (κ2) is 3.74. The monoisotopic (exact) mass is 208 g/mol. The van der Waals surface area contributed by atoms with Crippen LogP contribution in [0.4, 0.5) is 0 Å². The highest BCUT2D eigenvalue weighted by Gasteiger charge is 2.44. The fourth-order valence-corrected chi connectivity index (χ4v) is 3.90. The summed E-state index contributed by atoms with van der Waals surface area (Å²) in [5.74, 6) is 0. The second-order valence-electron chi connectivity index (χ2n) is 5.71. The Morgan fingerprint density at radius 2 is 2.00 bits per heavy atom. The average Bonchev–Trinajstić information content (AvgIpc) is 2.64. The van der Waals surface area contributed by atoms with E-state index >= 15 is 0 Å². The van der Waals surface area contributed by atoms with Crippen LogP contribution in [0, 0.1) is 0 Å². The minimum atomic E-state index is 0.634. The van der Waals surface area contributed by atoms with Crippen LogP contribution in [-0.2, 0) is 0 Å². The van der Waals surface area contributed by atoms with Crippen LogP contribution >= 0.6 is 0 Å². The van der Waals surface area contributed by atoms with Crippen molar-refractivity contribution in [2.24, 2.45) is 0 Å². The highest BCUT2D eigenvalue weighted by Crippen LogP contribution is 2.42. The van der Waals surface area contributed by atoms with Crippen LogP contribution in [-0.4, -0.2) is 47.6 Å². The number of hydrogen-bond donors (Lipinski definition) is 0. The van der Waals surface area contributed by atoms with Crippen LogP contribution in [0.3, 0.4) is 0 Å². The molecule has 2 aliphatic heterocycles. The van der Waals surface area contributed by atoms with Crippen LogP contribution in [0.5, 0.6) is 0 Å². The van der Waals surface area contributed by atoms with Crippen molar-refractivity contribution in [3.63, 3.8) is 0 Å². The molecule has 2 nitrogen and oxygen atoms in total. The molecule has 15 heavy (non-hydrogen) atoms. The van der Waals surface area contributed by atoms with Crippen molar-refractivity contribution in [2.75, 3.05) is 26.2 Å². The molecule has 2 heteroatoms. The first-order valence-electron chi connectivity index (χ1n) is 6.83. The van der Waals surface area contributed by atoms with E-state index < -0.39 is 0 Å². The lowest BCUT2D eigenvalue weighted by molar-refractivity contribution is -0.0335. The fourth-order valence-electron chi connectivity index (χ4n) is 3.90. The third-order valence-corrected chi connectivity index (χ3v) is 5.20. The Bertz CT molecular complexity index is 229. The number of hydrogen-bond acceptors (Lipinski definition) is 2. The minimum absolute atomic E-state index is 0.634. The van der Waals surface area contributed by atoms with Gasteiger partial charge in [0.05, 0.1) is 0 Å². The summed E-state index contributed by atoms with van der Waals surface area (Å²) in [7, 11) is 0. The maximum absolute atomic E-state index is 2.84. The summed E-state index contributed by atoms with van der Waals surface area (Å²) in [6.07, 6.45) is 8.68. The summed E-state index contributed by atoms with van der Waals surface area (Å²) < 4.78 is 0. The topological polar surface area (TPSA) is 6.48 Å². The normalized spacial score (nSPS) is 36.2. The largest absolute Gasteiger partial charge is 0.298 e. The molecule has 3 aliphatic rings. The molecule has 86 valence electrons. The molecule has 1 atom stereocenters. The van der Waals surface area contributed by atoms with Gasteiger partial charge in [0.15, 0.2) is 0 Å². The number of nitrogens with zero attached hydrogens (tertiary/aromatic N) is 2. The lowest BCUT2D eigenvalue weighted by atomic mass is 9.73. The Morgan fingerprint density at radius 3 is 2.67 bits per heavy atom. The third kappa shape index (κ3) is 1.53. The van der Waals surface area contributed by atoms with Crippen molar-refractivity contribution in [3.8, 4) is 0 Å². The lowest BCUT2D eigenvalue weighted by Crippen LogP contribution is -2.61. The van der Waals surface area contributed by atoms with E-state index in [2.05, 4.69) is 16.7 Å². The summed E-state index contributed by atoms with van der Waals surface area (Å²) in [5, 5.41) is 0. The third-order valence-electron chi connectivity index (χ3n) is 5.20. The predicted molar refractivity (Wildman–Crippen MR) is 63.0 cm³/mol. The van der Waals surface area contributed by atoms with Crippen LogP contribution in [0.1, 0.15) is 45.4 Å². The van der Waals surface area contributed by atoms with E-state index in [1.165, 1.54) is 64.7 Å². The van der Waals surface area contributed by atoms with Gasteiger partial charge >= 0.3 is 0 Å². The van der Waals surface area contributed by atoms with E-state index in [1.807, 2.05) is 0 Å². The van der Waals surface area contributed by atoms with Gasteiger partial charge in [0.1, 0.15) is 0 Å². The zero-order chi connectivity index (χ0) is 10.3. The maximum Gasteiger partial charge on any atom is 0.0224 e. The van der Waals surface area contributed by atoms with Crippen molar-refractivity contribution in [2.45, 2.75) is 57.0 Å². The molecule has 0 amide bonds. The molecule has 3 fully saturated rings. The summed E-state index contributed by atoms with van der Waals surface area (Å²) in [6, 6.07) is 0.905. The standard InChI is InChI=1S/C13H24N2/c1-2-13(6-4-7-13)15-10-9-14-8-3-5-12(14)11-15/h12H,2-11H2,1H3. The molecule has 0 radical (unpaired) electrons. The van der Waals surface area contributed by atoms with Crippen molar-refractivity contribution in [3.05, 3.63) is 0 Å². The number of piperazine rings is 1. The lowest BCUT2D eigenvalue weighted by Gasteiger charge is -2.54. The molecule has 0 aromatic heterocycles. The van der Waals surface area contributed by atoms with Gasteiger partial charge in [0, 0.05) is 31.2 Å². The van der Waals surface area contributed by atoms with E-state index in [4.69, 9.17) is 0 Å². The molecular formula is C13H24N2. The Hall–Kier alpha value is -0.0800. The van der Waals surface area contributed by atoms with E-state index in [1.54, 1.807) is 0 Å². The van der Waals surface area contributed by atoms with Gasteiger partial charge in [-0.2, -0.15) is 0 Å². The molecule has 0 spiro atoms. The highest BCUT2D eigenvalue weighted by atomic mass is 15.3. The molecule has 0 aromatic rings. The highest BCUT2D eigenvalue weighted by molar-refractivity contribution is 5.01. The summed E-state index contributed by atoms with van der Waals surface area (Å²) in [4.78, 5) is 5.56. The van der Waals surface area contributed by atoms with Gasteiger partial charge in [0.25, 0.3) is 0 Å². The zero-order valence-electron chi connectivity index (χ0n) is 10.0. The fraction of sp³-hybridized carbons (Fsp3) is 1.00. The minimum Gasteiger partial charge on any atom is -0.298 e. The molecule has 0 bridgehead atoms. The van der Waals surface area contributed by atoms with E-state index in [0.717, 1.165) is 6.04 Å². The van der Waals surface area contributed by atoms with Crippen LogP contribution in [0.15, 0.2) is 0 Å². The molecule has 2 heterocycles. The van der Waals surface area contributed by atoms with E-state index in [9.17, 15) is 0 Å². The average molecular weight is 208 g/mol. The Labute approximate surface area is 93.6 Å². The van der Waals surface area contributed by atoms with Gasteiger partial charge in [-0.1, -0.05) is 6.92 Å². The van der Waals surface area contributed by atoms with Gasteiger partial charge in [-0.3, -0.25) is 9.80 Å². The van der Waals surface area contributed by atoms with Crippen molar-refractivity contribution < 1.29 is 0 Å². The SMILES string of the molecule is CCC1(N2CCN3CCCC3C2)CCC1. The van der Waals surface area contributed by atoms with Crippen molar-refractivity contribution >= 4 is 0 Å². The second-order valence-corrected chi connectivity index (χ2v) is 5.71. The summed E-state index contributed by atoms with van der Waals surface area (Å²) in [5.41, 5.74) is 0.634. The quantitative estimate of drug-likeness (QED) is 0.685. The molecule has 1 unspecified atom stereocenters. The Balaban J connectivity index is 1.67. The number of rotatable bonds is 2. The first-order chi connectivity index (χ1) is 7.34. The molecule has 1 aliphatic carbocycles. The molecule has 2 saturated heterocycles. The van der Waals surface area contributed by atoms with Crippen LogP contribution in [0.25, 0.3) is 0 Å². The smallest absolute Gasteiger partial charge is 0.0224 e. The van der Waals surface area contributed by atoms with E-state index in [-0.39, 0.29) is 0 Å².